The molecule has 7 heteroatoms. The molecular formula is C18H24N4O2S. The standard InChI is InChI=1S/C18H24N4O2S/c1-12(18-19-9-11-25-18)20-17(24)16-8-7-14(21(16)3)15-6-4-5-10-22(15)13(2)23/h7-9,11-12,15H,4-6,10H2,1-3H3,(H,20,24). The molecule has 2 unspecified atom stereocenters. The van der Waals surface area contributed by atoms with Crippen molar-refractivity contribution >= 4 is 23.2 Å². The second kappa shape index (κ2) is 7.39. The Bertz CT molecular complexity index is 753. The van der Waals surface area contributed by atoms with Gasteiger partial charge in [-0.1, -0.05) is 0 Å². The predicted molar refractivity (Wildman–Crippen MR) is 97.4 cm³/mol. The normalized spacial score (nSPS) is 18.8. The van der Waals surface area contributed by atoms with Gasteiger partial charge in [0.25, 0.3) is 5.91 Å². The number of amides is 2. The van der Waals surface area contributed by atoms with Crippen molar-refractivity contribution in [2.75, 3.05) is 6.54 Å². The van der Waals surface area contributed by atoms with Crippen LogP contribution in [0, 0.1) is 0 Å². The molecule has 0 saturated carbocycles. The Morgan fingerprint density at radius 2 is 2.16 bits per heavy atom. The number of thiazole rings is 1. The summed E-state index contributed by atoms with van der Waals surface area (Å²) in [5.41, 5.74) is 1.62. The Kier molecular flexibility index (Phi) is 5.22. The van der Waals surface area contributed by atoms with E-state index in [2.05, 4.69) is 10.3 Å². The second-order valence-corrected chi connectivity index (χ2v) is 7.42. The molecule has 0 aliphatic carbocycles. The number of rotatable bonds is 4. The average molecular weight is 360 g/mol. The number of piperidine rings is 1. The lowest BCUT2D eigenvalue weighted by Crippen LogP contribution is -2.38. The predicted octanol–water partition coefficient (Wildman–Crippen LogP) is 3.05. The van der Waals surface area contributed by atoms with Crippen molar-refractivity contribution in [3.8, 4) is 0 Å². The van der Waals surface area contributed by atoms with Gasteiger partial charge in [-0.15, -0.1) is 11.3 Å². The van der Waals surface area contributed by atoms with Crippen LogP contribution in [0.4, 0.5) is 0 Å². The van der Waals surface area contributed by atoms with Crippen LogP contribution in [0.15, 0.2) is 23.7 Å². The van der Waals surface area contributed by atoms with Crippen molar-refractivity contribution in [1.82, 2.24) is 19.8 Å². The lowest BCUT2D eigenvalue weighted by atomic mass is 9.99. The molecule has 1 N–H and O–H groups in total. The van der Waals surface area contributed by atoms with Gasteiger partial charge in [0.2, 0.25) is 5.91 Å². The number of carbonyl (C=O) groups excluding carboxylic acids is 2. The quantitative estimate of drug-likeness (QED) is 0.911. The molecule has 3 rings (SSSR count). The molecule has 3 heterocycles. The Hall–Kier alpha value is -2.15. The number of carbonyl (C=O) groups is 2. The minimum Gasteiger partial charge on any atom is -0.342 e. The van der Waals surface area contributed by atoms with Gasteiger partial charge < -0.3 is 14.8 Å². The zero-order chi connectivity index (χ0) is 18.0. The average Bonchev–Trinajstić information content (AvgIpc) is 3.24. The fourth-order valence-corrected chi connectivity index (χ4v) is 4.13. The fourth-order valence-electron chi connectivity index (χ4n) is 3.49. The maximum Gasteiger partial charge on any atom is 0.268 e. The van der Waals surface area contributed by atoms with E-state index in [9.17, 15) is 9.59 Å². The smallest absolute Gasteiger partial charge is 0.268 e. The zero-order valence-corrected chi connectivity index (χ0v) is 15.7. The Labute approximate surface area is 151 Å². The van der Waals surface area contributed by atoms with E-state index in [1.165, 1.54) is 11.3 Å². The SMILES string of the molecule is CC(=O)N1CCCCC1c1ccc(C(=O)NC(C)c2nccs2)n1C. The van der Waals surface area contributed by atoms with Crippen LogP contribution in [0.2, 0.25) is 0 Å². The molecule has 134 valence electrons. The maximum absolute atomic E-state index is 12.6. The monoisotopic (exact) mass is 360 g/mol. The summed E-state index contributed by atoms with van der Waals surface area (Å²) < 4.78 is 1.91. The summed E-state index contributed by atoms with van der Waals surface area (Å²) >= 11 is 1.53. The van der Waals surface area contributed by atoms with E-state index in [4.69, 9.17) is 0 Å². The molecule has 2 aromatic rings. The third kappa shape index (κ3) is 3.61. The summed E-state index contributed by atoms with van der Waals surface area (Å²) in [5, 5.41) is 5.78. The van der Waals surface area contributed by atoms with Crippen LogP contribution in [0.5, 0.6) is 0 Å². The van der Waals surface area contributed by atoms with Crippen molar-refractivity contribution in [3.63, 3.8) is 0 Å². The molecule has 25 heavy (non-hydrogen) atoms. The van der Waals surface area contributed by atoms with E-state index in [0.717, 1.165) is 36.5 Å². The Morgan fingerprint density at radius 1 is 1.36 bits per heavy atom. The van der Waals surface area contributed by atoms with Crippen LogP contribution in [0.25, 0.3) is 0 Å². The summed E-state index contributed by atoms with van der Waals surface area (Å²) in [6.45, 7) is 4.33. The van der Waals surface area contributed by atoms with Crippen LogP contribution in [-0.2, 0) is 11.8 Å². The highest BCUT2D eigenvalue weighted by Gasteiger charge is 2.29. The highest BCUT2D eigenvalue weighted by Crippen LogP contribution is 2.31. The summed E-state index contributed by atoms with van der Waals surface area (Å²) in [6, 6.07) is 3.73. The Balaban J connectivity index is 1.78. The zero-order valence-electron chi connectivity index (χ0n) is 14.9. The molecule has 0 radical (unpaired) electrons. The number of aromatic nitrogens is 2. The first-order valence-corrected chi connectivity index (χ1v) is 9.50. The number of likely N-dealkylation sites (tertiary alicyclic amines) is 1. The van der Waals surface area contributed by atoms with Gasteiger partial charge in [0.15, 0.2) is 0 Å². The highest BCUT2D eigenvalue weighted by molar-refractivity contribution is 7.09. The van der Waals surface area contributed by atoms with Crippen molar-refractivity contribution in [2.24, 2.45) is 7.05 Å². The van der Waals surface area contributed by atoms with Crippen LogP contribution < -0.4 is 5.32 Å². The van der Waals surface area contributed by atoms with E-state index in [-0.39, 0.29) is 23.9 Å². The number of nitrogens with one attached hydrogen (secondary N) is 1. The first-order chi connectivity index (χ1) is 12.0. The lowest BCUT2D eigenvalue weighted by molar-refractivity contribution is -0.132. The minimum atomic E-state index is -0.130. The molecular weight excluding hydrogens is 336 g/mol. The van der Waals surface area contributed by atoms with Crippen molar-refractivity contribution in [3.05, 3.63) is 40.1 Å². The van der Waals surface area contributed by atoms with E-state index in [0.29, 0.717) is 5.69 Å². The summed E-state index contributed by atoms with van der Waals surface area (Å²) in [5.74, 6) is -0.0315. The van der Waals surface area contributed by atoms with Gasteiger partial charge in [-0.25, -0.2) is 4.98 Å². The van der Waals surface area contributed by atoms with Gasteiger partial charge >= 0.3 is 0 Å². The molecule has 0 bridgehead atoms. The van der Waals surface area contributed by atoms with Crippen LogP contribution in [-0.4, -0.2) is 32.8 Å². The van der Waals surface area contributed by atoms with E-state index >= 15 is 0 Å². The number of hydrogen-bond donors (Lipinski definition) is 1. The molecule has 1 aliphatic rings. The molecule has 1 saturated heterocycles. The van der Waals surface area contributed by atoms with Crippen molar-refractivity contribution < 1.29 is 9.59 Å². The summed E-state index contributed by atoms with van der Waals surface area (Å²) in [4.78, 5) is 30.8. The third-order valence-corrected chi connectivity index (χ3v) is 5.77. The van der Waals surface area contributed by atoms with Crippen LogP contribution in [0.3, 0.4) is 0 Å². The third-order valence-electron chi connectivity index (χ3n) is 4.81. The van der Waals surface area contributed by atoms with Gasteiger partial charge in [-0.05, 0) is 38.3 Å². The van der Waals surface area contributed by atoms with Crippen molar-refractivity contribution in [2.45, 2.75) is 45.2 Å². The first kappa shape index (κ1) is 17.7. The topological polar surface area (TPSA) is 67.2 Å². The molecule has 1 fully saturated rings. The molecule has 2 amide bonds. The number of hydrogen-bond acceptors (Lipinski definition) is 4. The Morgan fingerprint density at radius 3 is 2.84 bits per heavy atom. The highest BCUT2D eigenvalue weighted by atomic mass is 32.1. The minimum absolute atomic E-state index is 0.0502. The van der Waals surface area contributed by atoms with Gasteiger partial charge in [-0.3, -0.25) is 9.59 Å². The molecule has 0 spiro atoms. The molecule has 2 aromatic heterocycles. The maximum atomic E-state index is 12.6. The summed E-state index contributed by atoms with van der Waals surface area (Å²) in [7, 11) is 1.89. The van der Waals surface area contributed by atoms with Gasteiger partial charge in [0, 0.05) is 37.8 Å². The van der Waals surface area contributed by atoms with Crippen LogP contribution in [0.1, 0.15) is 66.4 Å². The second-order valence-electron chi connectivity index (χ2n) is 6.49. The number of nitrogens with zero attached hydrogens (tertiary/aromatic N) is 3. The van der Waals surface area contributed by atoms with Gasteiger partial charge in [0.05, 0.1) is 12.1 Å². The molecule has 6 nitrogen and oxygen atoms in total. The largest absolute Gasteiger partial charge is 0.342 e. The van der Waals surface area contributed by atoms with Crippen LogP contribution >= 0.6 is 11.3 Å². The van der Waals surface area contributed by atoms with Gasteiger partial charge in [-0.2, -0.15) is 0 Å². The lowest BCUT2D eigenvalue weighted by Gasteiger charge is -2.35. The van der Waals surface area contributed by atoms with E-state index in [1.54, 1.807) is 13.1 Å². The summed E-state index contributed by atoms with van der Waals surface area (Å²) in [6.07, 6.45) is 4.82. The van der Waals surface area contributed by atoms with Gasteiger partial charge in [0.1, 0.15) is 10.7 Å². The molecule has 2 atom stereocenters. The van der Waals surface area contributed by atoms with E-state index in [1.807, 2.05) is 41.0 Å². The molecule has 1 aliphatic heterocycles. The fraction of sp³-hybridized carbons (Fsp3) is 0.500. The van der Waals surface area contributed by atoms with E-state index < -0.39 is 0 Å². The van der Waals surface area contributed by atoms with Crippen molar-refractivity contribution in [1.29, 1.82) is 0 Å². The molecule has 0 aromatic carbocycles. The first-order valence-electron chi connectivity index (χ1n) is 8.62.